The summed E-state index contributed by atoms with van der Waals surface area (Å²) >= 11 is 7.46. The number of hydrogen-bond acceptors (Lipinski definition) is 7. The van der Waals surface area contributed by atoms with Crippen molar-refractivity contribution in [2.45, 2.75) is 32.4 Å². The summed E-state index contributed by atoms with van der Waals surface area (Å²) in [5.41, 5.74) is -1.28. The average molecular weight is 605 g/mol. The van der Waals surface area contributed by atoms with Gasteiger partial charge in [0.15, 0.2) is 5.75 Å². The van der Waals surface area contributed by atoms with E-state index in [4.69, 9.17) is 21.1 Å². The molecule has 0 spiro atoms. The van der Waals surface area contributed by atoms with E-state index >= 15 is 4.39 Å². The molecule has 0 radical (unpaired) electrons. The fourth-order valence-corrected chi connectivity index (χ4v) is 6.31. The lowest BCUT2D eigenvalue weighted by atomic mass is 9.96. The number of ether oxygens (including phenoxy) is 2. The quantitative estimate of drug-likeness (QED) is 0.371. The highest BCUT2D eigenvalue weighted by molar-refractivity contribution is 7.23. The van der Waals surface area contributed by atoms with Crippen LogP contribution in [0, 0.1) is 23.0 Å². The van der Waals surface area contributed by atoms with Crippen molar-refractivity contribution in [3.05, 3.63) is 46.0 Å². The number of anilines is 1. The van der Waals surface area contributed by atoms with Crippen molar-refractivity contribution in [1.82, 2.24) is 9.80 Å². The average Bonchev–Trinajstić information content (AvgIpc) is 3.19. The number of nitrogens with zero attached hydrogens (tertiary/aromatic N) is 3. The van der Waals surface area contributed by atoms with Gasteiger partial charge in [0.05, 0.1) is 26.9 Å². The first-order valence-electron chi connectivity index (χ1n) is 12.4. The Morgan fingerprint density at radius 3 is 2.63 bits per heavy atom. The summed E-state index contributed by atoms with van der Waals surface area (Å²) in [6.07, 6.45) is -1.99. The zero-order chi connectivity index (χ0) is 29.8. The van der Waals surface area contributed by atoms with Gasteiger partial charge in [-0.15, -0.1) is 11.3 Å². The highest BCUT2D eigenvalue weighted by atomic mass is 35.5. The number of carbonyl (C=O) groups excluding carboxylic acids is 2. The van der Waals surface area contributed by atoms with E-state index in [2.05, 4.69) is 5.32 Å². The predicted octanol–water partition coefficient (Wildman–Crippen LogP) is 5.92. The Balaban J connectivity index is 1.62. The minimum atomic E-state index is -1.13. The van der Waals surface area contributed by atoms with Gasteiger partial charge in [-0.2, -0.15) is 5.26 Å². The van der Waals surface area contributed by atoms with Crippen LogP contribution < -0.4 is 10.1 Å². The number of carbonyl (C=O) groups is 3. The molecular weight excluding hydrogens is 582 g/mol. The SMILES string of the molecule is CC(C)(C)OC(=O)Nc1sc2c(F)ccc(-c3c(F)cc4c(c3Cl)OC[C@H]3CN(C(=O)O)CCN3C4=O)c2c1C#N. The van der Waals surface area contributed by atoms with Gasteiger partial charge >= 0.3 is 12.2 Å². The van der Waals surface area contributed by atoms with Crippen LogP contribution in [0.4, 0.5) is 23.4 Å². The molecule has 3 aromatic rings. The number of amides is 3. The zero-order valence-corrected chi connectivity index (χ0v) is 23.6. The summed E-state index contributed by atoms with van der Waals surface area (Å²) in [7, 11) is 0. The molecule has 0 bridgehead atoms. The van der Waals surface area contributed by atoms with Crippen molar-refractivity contribution in [3.63, 3.8) is 0 Å². The molecule has 2 N–H and O–H groups in total. The van der Waals surface area contributed by atoms with Crippen molar-refractivity contribution >= 4 is 56.1 Å². The molecule has 0 unspecified atom stereocenters. The van der Waals surface area contributed by atoms with Crippen molar-refractivity contribution in [2.24, 2.45) is 0 Å². The molecule has 0 aliphatic carbocycles. The first kappa shape index (κ1) is 28.4. The predicted molar refractivity (Wildman–Crippen MR) is 147 cm³/mol. The van der Waals surface area contributed by atoms with Gasteiger partial charge < -0.3 is 24.4 Å². The number of hydrogen-bond donors (Lipinski definition) is 2. The van der Waals surface area contributed by atoms with Crippen LogP contribution in [0.25, 0.3) is 21.2 Å². The summed E-state index contributed by atoms with van der Waals surface area (Å²) in [5.74, 6) is -2.30. The van der Waals surface area contributed by atoms with E-state index in [9.17, 15) is 29.1 Å². The molecule has 1 saturated heterocycles. The second-order valence-electron chi connectivity index (χ2n) is 10.5. The van der Waals surface area contributed by atoms with Gasteiger partial charge in [0.2, 0.25) is 0 Å². The Kier molecular flexibility index (Phi) is 7.17. The van der Waals surface area contributed by atoms with Gasteiger partial charge in [0.1, 0.15) is 34.9 Å². The minimum Gasteiger partial charge on any atom is -0.489 e. The van der Waals surface area contributed by atoms with Crippen LogP contribution in [-0.4, -0.2) is 70.9 Å². The Labute approximate surface area is 241 Å². The van der Waals surface area contributed by atoms with Gasteiger partial charge in [0.25, 0.3) is 5.91 Å². The molecule has 10 nitrogen and oxygen atoms in total. The van der Waals surface area contributed by atoms with Gasteiger partial charge in [-0.25, -0.2) is 18.4 Å². The molecule has 14 heteroatoms. The van der Waals surface area contributed by atoms with E-state index in [1.807, 2.05) is 6.07 Å². The molecule has 1 atom stereocenters. The van der Waals surface area contributed by atoms with Crippen LogP contribution >= 0.6 is 22.9 Å². The van der Waals surface area contributed by atoms with E-state index in [0.717, 1.165) is 23.5 Å². The maximum atomic E-state index is 15.8. The molecule has 2 aromatic carbocycles. The second-order valence-corrected chi connectivity index (χ2v) is 11.9. The van der Waals surface area contributed by atoms with Gasteiger partial charge in [-0.3, -0.25) is 10.1 Å². The molecular formula is C27H23ClF2N4O6S. The molecule has 1 aromatic heterocycles. The van der Waals surface area contributed by atoms with Crippen molar-refractivity contribution in [3.8, 4) is 22.9 Å². The van der Waals surface area contributed by atoms with Crippen molar-refractivity contribution in [1.29, 1.82) is 5.26 Å². The molecule has 1 fully saturated rings. The van der Waals surface area contributed by atoms with Gasteiger partial charge in [-0.1, -0.05) is 17.7 Å². The zero-order valence-electron chi connectivity index (χ0n) is 22.0. The molecule has 3 heterocycles. The van der Waals surface area contributed by atoms with E-state index in [1.54, 1.807) is 20.8 Å². The largest absolute Gasteiger partial charge is 0.489 e. The number of benzene rings is 2. The Morgan fingerprint density at radius 2 is 1.98 bits per heavy atom. The smallest absolute Gasteiger partial charge is 0.412 e. The molecule has 0 saturated carbocycles. The lowest BCUT2D eigenvalue weighted by Crippen LogP contribution is -2.57. The second kappa shape index (κ2) is 10.4. The van der Waals surface area contributed by atoms with Crippen LogP contribution in [-0.2, 0) is 4.74 Å². The summed E-state index contributed by atoms with van der Waals surface area (Å²) in [4.78, 5) is 39.8. The van der Waals surface area contributed by atoms with Crippen LogP contribution in [0.15, 0.2) is 18.2 Å². The summed E-state index contributed by atoms with van der Waals surface area (Å²) in [6.45, 7) is 5.06. The highest BCUT2D eigenvalue weighted by Crippen LogP contribution is 2.48. The highest BCUT2D eigenvalue weighted by Gasteiger charge is 2.39. The molecule has 214 valence electrons. The lowest BCUT2D eigenvalue weighted by Gasteiger charge is -2.38. The number of rotatable bonds is 2. The van der Waals surface area contributed by atoms with Crippen LogP contribution in [0.3, 0.4) is 0 Å². The number of piperazine rings is 1. The fourth-order valence-electron chi connectivity index (χ4n) is 4.89. The molecule has 5 rings (SSSR count). The summed E-state index contributed by atoms with van der Waals surface area (Å²) in [5, 5.41) is 21.6. The monoisotopic (exact) mass is 604 g/mol. The Morgan fingerprint density at radius 1 is 1.24 bits per heavy atom. The Hall–Kier alpha value is -4.15. The van der Waals surface area contributed by atoms with E-state index in [-0.39, 0.29) is 74.4 Å². The van der Waals surface area contributed by atoms with Crippen molar-refractivity contribution in [2.75, 3.05) is 31.6 Å². The number of nitriles is 1. The van der Waals surface area contributed by atoms with Crippen LogP contribution in [0.5, 0.6) is 5.75 Å². The van der Waals surface area contributed by atoms with E-state index < -0.39 is 41.4 Å². The summed E-state index contributed by atoms with van der Waals surface area (Å²) in [6, 6.07) is 4.64. The Bertz CT molecular complexity index is 1660. The number of carboxylic acid groups (broad SMARTS) is 1. The molecule has 41 heavy (non-hydrogen) atoms. The first-order chi connectivity index (χ1) is 19.3. The lowest BCUT2D eigenvalue weighted by molar-refractivity contribution is 0.0390. The number of halogens is 3. The minimum absolute atomic E-state index is 0.000628. The molecule has 3 amide bonds. The topological polar surface area (TPSA) is 132 Å². The van der Waals surface area contributed by atoms with E-state index in [1.165, 1.54) is 15.9 Å². The van der Waals surface area contributed by atoms with Gasteiger partial charge in [-0.05, 0) is 38.5 Å². The summed E-state index contributed by atoms with van der Waals surface area (Å²) < 4.78 is 41.9. The third-order valence-electron chi connectivity index (χ3n) is 6.62. The fraction of sp³-hybridized carbons (Fsp3) is 0.333. The van der Waals surface area contributed by atoms with Gasteiger partial charge in [0, 0.05) is 30.6 Å². The first-order valence-corrected chi connectivity index (χ1v) is 13.6. The number of thiophene rings is 1. The molecule has 2 aliphatic rings. The molecule has 2 aliphatic heterocycles. The maximum absolute atomic E-state index is 15.8. The van der Waals surface area contributed by atoms with Crippen LogP contribution in [0.2, 0.25) is 5.02 Å². The maximum Gasteiger partial charge on any atom is 0.412 e. The standard InChI is InChI=1S/C27H23ClF2N4O6S/c1-27(2,3)40-25(36)32-23-15(9-31)18-13(4-5-16(29)22(18)41-23)19-17(30)8-14-21(20(19)28)39-11-12-10-33(26(37)38)6-7-34(12)24(14)35/h4-5,8,12H,6-7,10-11H2,1-3H3,(H,32,36)(H,37,38)/t12-/m1/s1. The van der Waals surface area contributed by atoms with E-state index in [0.29, 0.717) is 0 Å². The van der Waals surface area contributed by atoms with Crippen molar-refractivity contribution < 1.29 is 37.7 Å². The third kappa shape index (κ3) is 5.09. The normalized spacial score (nSPS) is 16.8. The third-order valence-corrected chi connectivity index (χ3v) is 8.10. The number of fused-ring (bicyclic) bond motifs is 3. The van der Waals surface area contributed by atoms with Crippen LogP contribution in [0.1, 0.15) is 36.7 Å². The number of nitrogens with one attached hydrogen (secondary N) is 1.